The molecule has 41 heavy (non-hydrogen) atoms. The highest BCUT2D eigenvalue weighted by molar-refractivity contribution is 8.76. The van der Waals surface area contributed by atoms with Gasteiger partial charge in [-0.05, 0) is 25.7 Å². The van der Waals surface area contributed by atoms with E-state index >= 15 is 0 Å². The van der Waals surface area contributed by atoms with Crippen molar-refractivity contribution >= 4 is 44.7 Å². The Kier molecular flexibility index (Phi) is 20.6. The summed E-state index contributed by atoms with van der Waals surface area (Å²) in [5, 5.41) is 8.78. The summed E-state index contributed by atoms with van der Waals surface area (Å²) in [5.74, 6) is 2.34. The van der Waals surface area contributed by atoms with E-state index in [1.165, 1.54) is 114 Å². The van der Waals surface area contributed by atoms with Crippen molar-refractivity contribution in [2.24, 2.45) is 0 Å². The molecular weight excluding hydrogens is 558 g/mol. The summed E-state index contributed by atoms with van der Waals surface area (Å²) < 4.78 is 7.00. The third kappa shape index (κ3) is 17.1. The zero-order chi connectivity index (χ0) is 29.4. The number of aliphatic hydroxyl groups is 1. The number of H-pyrrole nitrogens is 1. The van der Waals surface area contributed by atoms with Crippen molar-refractivity contribution in [3.05, 3.63) is 16.7 Å². The van der Waals surface area contributed by atoms with Crippen LogP contribution in [-0.2, 0) is 16.1 Å². The summed E-state index contributed by atoms with van der Waals surface area (Å²) in [4.78, 5) is 34.4. The Labute approximate surface area is 254 Å². The van der Waals surface area contributed by atoms with Gasteiger partial charge >= 0.3 is 5.97 Å². The second kappa shape index (κ2) is 23.8. The van der Waals surface area contributed by atoms with Gasteiger partial charge in [0.2, 0.25) is 5.95 Å². The predicted molar refractivity (Wildman–Crippen MR) is 173 cm³/mol. The number of esters is 1. The van der Waals surface area contributed by atoms with Crippen molar-refractivity contribution < 1.29 is 14.6 Å². The van der Waals surface area contributed by atoms with Gasteiger partial charge in [-0.25, -0.2) is 4.98 Å². The number of aromatic amines is 1. The maximum Gasteiger partial charge on any atom is 0.307 e. The number of imidazole rings is 1. The van der Waals surface area contributed by atoms with Crippen LogP contribution in [0.15, 0.2) is 11.1 Å². The van der Waals surface area contributed by atoms with Crippen LogP contribution in [0.5, 0.6) is 0 Å². The van der Waals surface area contributed by atoms with E-state index in [2.05, 4.69) is 36.5 Å². The van der Waals surface area contributed by atoms with Crippen LogP contribution in [0.3, 0.4) is 0 Å². The van der Waals surface area contributed by atoms with E-state index in [0.29, 0.717) is 25.4 Å². The Bertz CT molecular complexity index is 1000. The molecular formula is C30H53N5O4S2. The van der Waals surface area contributed by atoms with Gasteiger partial charge in [0.05, 0.1) is 19.4 Å². The number of hydrogen-bond acceptors (Lipinski definition) is 9. The summed E-state index contributed by atoms with van der Waals surface area (Å²) in [6.07, 6.45) is 24.4. The van der Waals surface area contributed by atoms with Crippen molar-refractivity contribution in [1.82, 2.24) is 19.5 Å². The Balaban J connectivity index is 1.28. The summed E-state index contributed by atoms with van der Waals surface area (Å²) in [5.41, 5.74) is 5.81. The van der Waals surface area contributed by atoms with Crippen molar-refractivity contribution in [3.8, 4) is 0 Å². The summed E-state index contributed by atoms with van der Waals surface area (Å²) in [7, 11) is 4.11. The molecule has 0 saturated heterocycles. The van der Waals surface area contributed by atoms with Crippen LogP contribution in [-0.4, -0.2) is 55.3 Å². The van der Waals surface area contributed by atoms with Crippen LogP contribution in [0.4, 0.5) is 5.95 Å². The molecule has 9 nitrogen and oxygen atoms in total. The number of aryl methyl sites for hydroxylation is 1. The van der Waals surface area contributed by atoms with Gasteiger partial charge in [0, 0.05) is 24.7 Å². The first-order valence-corrected chi connectivity index (χ1v) is 18.3. The van der Waals surface area contributed by atoms with Crippen molar-refractivity contribution in [2.45, 2.75) is 129 Å². The third-order valence-corrected chi connectivity index (χ3v) is 9.73. The summed E-state index contributed by atoms with van der Waals surface area (Å²) in [6.45, 7) is 1.15. The minimum Gasteiger partial charge on any atom is -0.466 e. The highest BCUT2D eigenvalue weighted by Gasteiger charge is 2.11. The molecule has 4 N–H and O–H groups in total. The van der Waals surface area contributed by atoms with Crippen molar-refractivity contribution in [1.29, 1.82) is 0 Å². The second-order valence-electron chi connectivity index (χ2n) is 10.8. The lowest BCUT2D eigenvalue weighted by Gasteiger charge is -2.06. The molecule has 11 heteroatoms. The summed E-state index contributed by atoms with van der Waals surface area (Å²) >= 11 is 0. The zero-order valence-corrected chi connectivity index (χ0v) is 26.6. The Morgan fingerprint density at radius 2 is 1.34 bits per heavy atom. The average molecular weight is 612 g/mol. The lowest BCUT2D eigenvalue weighted by Crippen LogP contribution is -2.13. The number of unbranched alkanes of at least 4 members (excludes halogenated alkanes) is 16. The number of carbonyl (C=O) groups is 1. The number of aromatic nitrogens is 4. The maximum atomic E-state index is 12.1. The fraction of sp³-hybridized carbons (Fsp3) is 0.800. The molecule has 2 heterocycles. The van der Waals surface area contributed by atoms with E-state index < -0.39 is 0 Å². The molecule has 0 unspecified atom stereocenters. The van der Waals surface area contributed by atoms with E-state index in [9.17, 15) is 9.59 Å². The number of carbonyl (C=O) groups excluding carboxylic acids is 1. The molecule has 0 aliphatic rings. The van der Waals surface area contributed by atoms with E-state index in [4.69, 9.17) is 15.6 Å². The monoisotopic (exact) mass is 611 g/mol. The van der Waals surface area contributed by atoms with Gasteiger partial charge < -0.3 is 20.1 Å². The SMILES string of the molecule is Nc1nc2c(ncn2CCC(=O)OCCCCCCCCCCCSSCCCCCCCCCCCO)c(=O)[nH]1. The number of anilines is 1. The molecule has 0 bridgehead atoms. The first-order chi connectivity index (χ1) is 20.1. The molecule has 0 aliphatic heterocycles. The molecule has 0 aromatic carbocycles. The van der Waals surface area contributed by atoms with E-state index in [-0.39, 0.29) is 29.4 Å². The largest absolute Gasteiger partial charge is 0.466 e. The topological polar surface area (TPSA) is 136 Å². The maximum absolute atomic E-state index is 12.1. The quantitative estimate of drug-likeness (QED) is 0.0552. The number of rotatable bonds is 27. The number of ether oxygens (including phenoxy) is 1. The lowest BCUT2D eigenvalue weighted by molar-refractivity contribution is -0.144. The van der Waals surface area contributed by atoms with Gasteiger partial charge in [-0.15, -0.1) is 0 Å². The van der Waals surface area contributed by atoms with Gasteiger partial charge in [0.1, 0.15) is 0 Å². The van der Waals surface area contributed by atoms with E-state index in [1.54, 1.807) is 4.57 Å². The predicted octanol–water partition coefficient (Wildman–Crippen LogP) is 7.03. The minimum absolute atomic E-state index is 0.0290. The van der Waals surface area contributed by atoms with Crippen molar-refractivity contribution in [3.63, 3.8) is 0 Å². The molecule has 0 radical (unpaired) electrons. The molecule has 2 aromatic rings. The number of nitrogens with one attached hydrogen (secondary N) is 1. The molecule has 0 atom stereocenters. The zero-order valence-electron chi connectivity index (χ0n) is 25.0. The van der Waals surface area contributed by atoms with Crippen LogP contribution in [0.1, 0.15) is 122 Å². The molecule has 2 rings (SSSR count). The molecule has 2 aromatic heterocycles. The normalized spacial score (nSPS) is 11.4. The Morgan fingerprint density at radius 3 is 1.90 bits per heavy atom. The number of nitrogens with zero attached hydrogens (tertiary/aromatic N) is 3. The number of hydrogen-bond donors (Lipinski definition) is 3. The van der Waals surface area contributed by atoms with Crippen LogP contribution < -0.4 is 11.3 Å². The van der Waals surface area contributed by atoms with Gasteiger partial charge in [0.25, 0.3) is 5.56 Å². The van der Waals surface area contributed by atoms with Gasteiger partial charge in [-0.2, -0.15) is 4.98 Å². The first-order valence-electron chi connectivity index (χ1n) is 15.8. The van der Waals surface area contributed by atoms with Crippen LogP contribution in [0.2, 0.25) is 0 Å². The highest BCUT2D eigenvalue weighted by Crippen LogP contribution is 2.25. The van der Waals surface area contributed by atoms with Crippen LogP contribution in [0.25, 0.3) is 11.2 Å². The summed E-state index contributed by atoms with van der Waals surface area (Å²) in [6, 6.07) is 0. The smallest absolute Gasteiger partial charge is 0.307 e. The number of nitrogens with two attached hydrogens (primary N) is 1. The molecule has 0 spiro atoms. The molecule has 0 fully saturated rings. The number of nitrogen functional groups attached to an aromatic ring is 1. The van der Waals surface area contributed by atoms with E-state index in [1.807, 2.05) is 0 Å². The number of fused-ring (bicyclic) bond motifs is 1. The van der Waals surface area contributed by atoms with Gasteiger partial charge in [0.15, 0.2) is 11.2 Å². The highest BCUT2D eigenvalue weighted by atomic mass is 33.1. The third-order valence-electron chi connectivity index (χ3n) is 7.15. The first kappa shape index (κ1) is 35.5. The average Bonchev–Trinajstić information content (AvgIpc) is 3.37. The van der Waals surface area contributed by atoms with Crippen LogP contribution in [0, 0.1) is 0 Å². The molecule has 234 valence electrons. The second-order valence-corrected chi connectivity index (χ2v) is 13.5. The molecule has 0 saturated carbocycles. The fourth-order valence-corrected chi connectivity index (χ4v) is 7.03. The molecule has 0 amide bonds. The van der Waals surface area contributed by atoms with Crippen LogP contribution >= 0.6 is 21.6 Å². The fourth-order valence-electron chi connectivity index (χ4n) is 4.73. The lowest BCUT2D eigenvalue weighted by atomic mass is 10.1. The van der Waals surface area contributed by atoms with Crippen molar-refractivity contribution in [2.75, 3.05) is 30.5 Å². The number of aliphatic hydroxyl groups excluding tert-OH is 1. The Morgan fingerprint density at radius 1 is 0.829 bits per heavy atom. The van der Waals surface area contributed by atoms with Gasteiger partial charge in [-0.3, -0.25) is 14.6 Å². The minimum atomic E-state index is -0.386. The Hall–Kier alpha value is -1.72. The van der Waals surface area contributed by atoms with E-state index in [0.717, 1.165) is 19.3 Å². The standard InChI is InChI=1S/C30H53N5O4S2/c31-30-33-28-27(29(38)34-30)32-25-35(28)20-19-26(37)39-22-16-12-8-4-2-6-10-14-18-24-41-40-23-17-13-9-5-1-3-7-11-15-21-36/h25,36H,1-24H2,(H3,31,33,34,38). The van der Waals surface area contributed by atoms with Gasteiger partial charge in [-0.1, -0.05) is 111 Å². The molecule has 0 aliphatic carbocycles.